The molecule has 2 amide bonds. The van der Waals surface area contributed by atoms with Crippen molar-refractivity contribution in [3.8, 4) is 0 Å². The Hall–Kier alpha value is -3.46. The van der Waals surface area contributed by atoms with E-state index in [9.17, 15) is 46.2 Å². The number of aromatic nitrogens is 1. The molecule has 2 aromatic rings. The van der Waals surface area contributed by atoms with Crippen LogP contribution < -0.4 is 5.32 Å². The molecule has 1 aromatic heterocycles. The van der Waals surface area contributed by atoms with Gasteiger partial charge in [-0.25, -0.2) is 26.9 Å². The van der Waals surface area contributed by atoms with Crippen molar-refractivity contribution in [3.63, 3.8) is 0 Å². The zero-order valence-corrected chi connectivity index (χ0v) is 28.0. The number of thiazole rings is 1. The summed E-state index contributed by atoms with van der Waals surface area (Å²) in [7, 11) is 3.44. The number of ketones is 1. The maximum absolute atomic E-state index is 14.3. The van der Waals surface area contributed by atoms with E-state index in [0.29, 0.717) is 12.8 Å². The number of amides is 2. The summed E-state index contributed by atoms with van der Waals surface area (Å²) in [5.74, 6) is -16.3. The molecular formula is C32H41F5N4O5S. The number of carbonyl (C=O) groups is 4. The van der Waals surface area contributed by atoms with Crippen molar-refractivity contribution < 1.29 is 46.2 Å². The Morgan fingerprint density at radius 2 is 1.64 bits per heavy atom. The summed E-state index contributed by atoms with van der Waals surface area (Å²) in [6.45, 7) is 8.20. The number of aliphatic carboxylic acids is 1. The first-order chi connectivity index (χ1) is 22.0. The normalized spacial score (nSPS) is 18.0. The smallest absolute Gasteiger partial charge is 0.304 e. The summed E-state index contributed by atoms with van der Waals surface area (Å²) < 4.78 is 69.8. The molecule has 2 N–H and O–H groups in total. The fraction of sp³-hybridized carbons (Fsp3) is 0.594. The van der Waals surface area contributed by atoms with E-state index in [1.807, 2.05) is 39.6 Å². The number of halogens is 5. The van der Waals surface area contributed by atoms with E-state index in [0.717, 1.165) is 36.1 Å². The molecular weight excluding hydrogens is 647 g/mol. The van der Waals surface area contributed by atoms with Gasteiger partial charge in [0.25, 0.3) is 0 Å². The lowest BCUT2D eigenvalue weighted by Gasteiger charge is -2.38. The number of nitrogens with one attached hydrogen (secondary N) is 1. The van der Waals surface area contributed by atoms with Crippen LogP contribution in [0.2, 0.25) is 0 Å². The van der Waals surface area contributed by atoms with E-state index in [4.69, 9.17) is 0 Å². The number of likely N-dealkylation sites (N-methyl/N-ethyl adjacent to an activating group) is 2. The third kappa shape index (κ3) is 8.53. The van der Waals surface area contributed by atoms with Crippen molar-refractivity contribution in [2.45, 2.75) is 90.3 Å². The minimum atomic E-state index is -2.41. The van der Waals surface area contributed by atoms with Crippen LogP contribution in [0.15, 0.2) is 5.38 Å². The van der Waals surface area contributed by atoms with Crippen LogP contribution in [0, 0.1) is 40.9 Å². The van der Waals surface area contributed by atoms with E-state index < -0.39 is 76.5 Å². The number of hydrogen-bond donors (Lipinski definition) is 2. The van der Waals surface area contributed by atoms with Crippen LogP contribution in [0.25, 0.3) is 0 Å². The monoisotopic (exact) mass is 688 g/mol. The number of likely N-dealkylation sites (tertiary alicyclic amines) is 1. The molecule has 1 aliphatic rings. The van der Waals surface area contributed by atoms with Gasteiger partial charge in [-0.1, -0.05) is 40.5 Å². The second-order valence-corrected chi connectivity index (χ2v) is 13.4. The number of nitrogens with zero attached hydrogens (tertiary/aromatic N) is 3. The largest absolute Gasteiger partial charge is 0.481 e. The van der Waals surface area contributed by atoms with Crippen LogP contribution in [0.3, 0.4) is 0 Å². The Bertz CT molecular complexity index is 1460. The molecule has 2 heterocycles. The highest BCUT2D eigenvalue weighted by molar-refractivity contribution is 7.10. The molecule has 260 valence electrons. The standard InChI is InChI=1S/C32H41F5N4O5S/c1-7-16(4)28(39-30(45)19-10-8-9-11-40(19)5)32(46)41(6)20(15(2)3)12-17(13-21(42)43)31-38-18(14-47-31)29(44)22-23(33)25(35)27(37)26(36)24(22)34/h14-17,19-20,28H,7-13H2,1-6H3,(H,39,45)(H,42,43)/t16-,17?,19?,20+,28-/m0/s1. The third-order valence-corrected chi connectivity index (χ3v) is 9.96. The average Bonchev–Trinajstić information content (AvgIpc) is 3.53. The lowest BCUT2D eigenvalue weighted by Crippen LogP contribution is -2.58. The minimum absolute atomic E-state index is 0.0441. The molecule has 1 saturated heterocycles. The van der Waals surface area contributed by atoms with Crippen molar-refractivity contribution in [2.75, 3.05) is 20.6 Å². The predicted molar refractivity (Wildman–Crippen MR) is 164 cm³/mol. The second-order valence-electron chi connectivity index (χ2n) is 12.5. The molecule has 47 heavy (non-hydrogen) atoms. The Morgan fingerprint density at radius 3 is 2.17 bits per heavy atom. The zero-order chi connectivity index (χ0) is 35.3. The van der Waals surface area contributed by atoms with Gasteiger partial charge in [0, 0.05) is 24.4 Å². The number of benzene rings is 1. The first-order valence-electron chi connectivity index (χ1n) is 15.5. The average molecular weight is 689 g/mol. The Morgan fingerprint density at radius 1 is 1.04 bits per heavy atom. The number of carbonyl (C=O) groups excluding carboxylic acids is 3. The third-order valence-electron chi connectivity index (χ3n) is 8.95. The fourth-order valence-corrected chi connectivity index (χ4v) is 6.80. The van der Waals surface area contributed by atoms with Gasteiger partial charge >= 0.3 is 5.97 Å². The summed E-state index contributed by atoms with van der Waals surface area (Å²) in [6, 6.07) is -1.79. The molecule has 1 aromatic carbocycles. The van der Waals surface area contributed by atoms with Gasteiger partial charge in [0.05, 0.1) is 17.5 Å². The predicted octanol–water partition coefficient (Wildman–Crippen LogP) is 5.52. The van der Waals surface area contributed by atoms with Gasteiger partial charge in [0.1, 0.15) is 17.3 Å². The number of rotatable bonds is 14. The molecule has 0 spiro atoms. The molecule has 0 aliphatic carbocycles. The van der Waals surface area contributed by atoms with Crippen LogP contribution >= 0.6 is 11.3 Å². The molecule has 9 nitrogen and oxygen atoms in total. The number of carboxylic acid groups (broad SMARTS) is 1. The molecule has 1 fully saturated rings. The molecule has 0 radical (unpaired) electrons. The fourth-order valence-electron chi connectivity index (χ4n) is 5.88. The Balaban J connectivity index is 1.90. The minimum Gasteiger partial charge on any atom is -0.481 e. The maximum atomic E-state index is 14.3. The molecule has 0 saturated carbocycles. The first kappa shape index (κ1) is 38.0. The zero-order valence-electron chi connectivity index (χ0n) is 27.2. The Kier molecular flexibility index (Phi) is 13.0. The molecule has 15 heteroatoms. The molecule has 2 unspecified atom stereocenters. The van der Waals surface area contributed by atoms with Gasteiger partial charge in [-0.2, -0.15) is 0 Å². The van der Waals surface area contributed by atoms with Crippen molar-refractivity contribution in [1.29, 1.82) is 0 Å². The van der Waals surface area contributed by atoms with Gasteiger partial charge in [-0.05, 0) is 44.7 Å². The molecule has 1 aliphatic heterocycles. The van der Waals surface area contributed by atoms with Gasteiger partial charge in [0.2, 0.25) is 23.4 Å². The number of hydrogen-bond acceptors (Lipinski definition) is 7. The van der Waals surface area contributed by atoms with Crippen molar-refractivity contribution in [1.82, 2.24) is 20.1 Å². The SMILES string of the molecule is CC[C@H](C)[C@H](NC(=O)C1CCCCN1C)C(=O)N(C)[C@H](CC(CC(=O)O)c1nc(C(=O)c2c(F)c(F)c(F)c(F)c2F)cs1)C(C)C. The lowest BCUT2D eigenvalue weighted by molar-refractivity contribution is -0.141. The lowest BCUT2D eigenvalue weighted by atomic mass is 9.88. The summed E-state index contributed by atoms with van der Waals surface area (Å²) >= 11 is 0.792. The molecule has 3 rings (SSSR count). The van der Waals surface area contributed by atoms with Gasteiger partial charge in [-0.3, -0.25) is 24.1 Å². The Labute approximate surface area is 274 Å². The van der Waals surface area contributed by atoms with E-state index in [2.05, 4.69) is 10.3 Å². The second kappa shape index (κ2) is 16.1. The number of carboxylic acids is 1. The van der Waals surface area contributed by atoms with Gasteiger partial charge in [-0.15, -0.1) is 11.3 Å². The topological polar surface area (TPSA) is 120 Å². The van der Waals surface area contributed by atoms with Crippen LogP contribution in [-0.2, 0) is 14.4 Å². The van der Waals surface area contributed by atoms with Gasteiger partial charge < -0.3 is 15.3 Å². The van der Waals surface area contributed by atoms with Crippen LogP contribution in [0.4, 0.5) is 22.0 Å². The van der Waals surface area contributed by atoms with E-state index in [-0.39, 0.29) is 41.1 Å². The van der Waals surface area contributed by atoms with Gasteiger partial charge in [0.15, 0.2) is 23.3 Å². The highest BCUT2D eigenvalue weighted by Gasteiger charge is 2.37. The van der Waals surface area contributed by atoms with Crippen LogP contribution in [0.1, 0.15) is 93.2 Å². The number of piperidine rings is 1. The summed E-state index contributed by atoms with van der Waals surface area (Å²) in [5.41, 5.74) is -2.29. The van der Waals surface area contributed by atoms with Crippen molar-refractivity contribution >= 4 is 34.9 Å². The molecule has 5 atom stereocenters. The first-order valence-corrected chi connectivity index (χ1v) is 16.4. The van der Waals surface area contributed by atoms with Crippen LogP contribution in [-0.4, -0.2) is 82.2 Å². The summed E-state index contributed by atoms with van der Waals surface area (Å²) in [6.07, 6.45) is 2.70. The summed E-state index contributed by atoms with van der Waals surface area (Å²) in [4.78, 5) is 59.6. The highest BCUT2D eigenvalue weighted by atomic mass is 32.1. The highest BCUT2D eigenvalue weighted by Crippen LogP contribution is 2.33. The quantitative estimate of drug-likeness (QED) is 0.116. The molecule has 0 bridgehead atoms. The van der Waals surface area contributed by atoms with E-state index in [1.165, 1.54) is 4.90 Å². The van der Waals surface area contributed by atoms with Crippen LogP contribution in [0.5, 0.6) is 0 Å². The van der Waals surface area contributed by atoms with Crippen molar-refractivity contribution in [3.05, 3.63) is 50.7 Å². The van der Waals surface area contributed by atoms with E-state index >= 15 is 0 Å². The maximum Gasteiger partial charge on any atom is 0.304 e. The summed E-state index contributed by atoms with van der Waals surface area (Å²) in [5, 5.41) is 13.8. The van der Waals surface area contributed by atoms with Crippen molar-refractivity contribution in [2.24, 2.45) is 11.8 Å². The van der Waals surface area contributed by atoms with E-state index in [1.54, 1.807) is 7.05 Å².